The molecule has 11 heteroatoms. The molecule has 0 unspecified atom stereocenters. The Morgan fingerprint density at radius 1 is 1.11 bits per heavy atom. The van der Waals surface area contributed by atoms with Gasteiger partial charge in [-0.1, -0.05) is 36.4 Å². The van der Waals surface area contributed by atoms with Gasteiger partial charge in [-0.2, -0.15) is 5.10 Å². The van der Waals surface area contributed by atoms with E-state index in [2.05, 4.69) is 15.1 Å². The second-order valence-corrected chi connectivity index (χ2v) is 10.8. The van der Waals surface area contributed by atoms with E-state index >= 15 is 0 Å². The predicted octanol–water partition coefficient (Wildman–Crippen LogP) is 4.83. The largest absolute Gasteiger partial charge is 0.481 e. The number of fused-ring (bicyclic) bond motifs is 1. The topological polar surface area (TPSA) is 127 Å². The molecule has 0 spiro atoms. The van der Waals surface area contributed by atoms with Crippen LogP contribution in [0.15, 0.2) is 78.1 Å². The molecular formula is C27H23FN4O5S. The number of hydrogen-bond acceptors (Lipinski definition) is 6. The first kappa shape index (κ1) is 25.2. The number of carboxylic acid groups (broad SMARTS) is 1. The maximum Gasteiger partial charge on any atom is 0.303 e. The molecule has 2 aromatic heterocycles. The summed E-state index contributed by atoms with van der Waals surface area (Å²) in [6, 6.07) is 17.0. The van der Waals surface area contributed by atoms with Crippen LogP contribution in [0.2, 0.25) is 0 Å². The Kier molecular flexibility index (Phi) is 6.68. The Balaban J connectivity index is 1.39. The molecule has 0 saturated heterocycles. The van der Waals surface area contributed by atoms with Gasteiger partial charge < -0.3 is 14.8 Å². The van der Waals surface area contributed by atoms with E-state index in [0.717, 1.165) is 17.4 Å². The van der Waals surface area contributed by atoms with E-state index in [1.165, 1.54) is 12.3 Å². The number of nitrogens with zero attached hydrogens (tertiary/aromatic N) is 3. The minimum Gasteiger partial charge on any atom is -0.481 e. The average Bonchev–Trinajstić information content (AvgIpc) is 3.52. The molecule has 2 heterocycles. The lowest BCUT2D eigenvalue weighted by Crippen LogP contribution is -2.03. The number of H-pyrrole nitrogens is 1. The van der Waals surface area contributed by atoms with Gasteiger partial charge in [-0.25, -0.2) is 22.5 Å². The molecule has 0 amide bonds. The number of hydrogen-bond donors (Lipinski definition) is 2. The molecule has 0 saturated carbocycles. The first-order valence-electron chi connectivity index (χ1n) is 11.6. The Morgan fingerprint density at radius 2 is 1.89 bits per heavy atom. The molecule has 0 bridgehead atoms. The lowest BCUT2D eigenvalue weighted by molar-refractivity contribution is -0.136. The third-order valence-corrected chi connectivity index (χ3v) is 7.05. The standard InChI is InChI=1S/C27H23FN4O5S/c1-38(35,36)26-21-10-11-29-23(21)14-22(28)25(26)37-20-7-3-6-19(13-20)27-30-16-32(31-27)15-18-5-2-4-17(12-18)8-9-24(33)34/h2-7,10-14,16,29H,8-9,15H2,1H3,(H,33,34). The van der Waals surface area contributed by atoms with Crippen LogP contribution >= 0.6 is 0 Å². The molecule has 5 aromatic rings. The van der Waals surface area contributed by atoms with Gasteiger partial charge in [-0.3, -0.25) is 4.79 Å². The molecular weight excluding hydrogens is 511 g/mol. The number of aryl methyl sites for hydroxylation is 1. The van der Waals surface area contributed by atoms with Crippen LogP contribution in [-0.4, -0.2) is 45.5 Å². The maximum absolute atomic E-state index is 15.0. The van der Waals surface area contributed by atoms with E-state index in [0.29, 0.717) is 35.3 Å². The van der Waals surface area contributed by atoms with Gasteiger partial charge in [-0.05, 0) is 35.7 Å². The van der Waals surface area contributed by atoms with Crippen molar-refractivity contribution in [3.8, 4) is 22.9 Å². The van der Waals surface area contributed by atoms with Crippen molar-refractivity contribution >= 4 is 26.7 Å². The lowest BCUT2D eigenvalue weighted by atomic mass is 10.1. The summed E-state index contributed by atoms with van der Waals surface area (Å²) in [6.45, 7) is 0.434. The number of ether oxygens (including phenoxy) is 1. The molecule has 0 aliphatic rings. The minimum absolute atomic E-state index is 0.0595. The molecule has 3 aromatic carbocycles. The van der Waals surface area contributed by atoms with Crippen molar-refractivity contribution in [1.82, 2.24) is 19.7 Å². The summed E-state index contributed by atoms with van der Waals surface area (Å²) in [5, 5.41) is 13.8. The molecule has 38 heavy (non-hydrogen) atoms. The van der Waals surface area contributed by atoms with E-state index in [4.69, 9.17) is 9.84 Å². The van der Waals surface area contributed by atoms with Gasteiger partial charge in [0.2, 0.25) is 0 Å². The van der Waals surface area contributed by atoms with Crippen LogP contribution in [-0.2, 0) is 27.6 Å². The van der Waals surface area contributed by atoms with Gasteiger partial charge in [0.25, 0.3) is 0 Å². The van der Waals surface area contributed by atoms with E-state index in [1.54, 1.807) is 41.3 Å². The lowest BCUT2D eigenvalue weighted by Gasteiger charge is -2.13. The zero-order chi connectivity index (χ0) is 26.9. The fraction of sp³-hybridized carbons (Fsp3) is 0.148. The Morgan fingerprint density at radius 3 is 2.68 bits per heavy atom. The fourth-order valence-corrected chi connectivity index (χ4v) is 5.28. The highest BCUT2D eigenvalue weighted by Gasteiger charge is 2.24. The number of nitrogens with one attached hydrogen (secondary N) is 1. The van der Waals surface area contributed by atoms with Crippen LogP contribution < -0.4 is 4.74 Å². The zero-order valence-electron chi connectivity index (χ0n) is 20.3. The van der Waals surface area contributed by atoms with Gasteiger partial charge in [0.05, 0.1) is 6.54 Å². The molecule has 9 nitrogen and oxygen atoms in total. The number of carboxylic acids is 1. The summed E-state index contributed by atoms with van der Waals surface area (Å²) >= 11 is 0. The van der Waals surface area contributed by atoms with Crippen molar-refractivity contribution in [2.24, 2.45) is 0 Å². The fourth-order valence-electron chi connectivity index (χ4n) is 4.23. The van der Waals surface area contributed by atoms with Crippen molar-refractivity contribution < 1.29 is 27.4 Å². The highest BCUT2D eigenvalue weighted by molar-refractivity contribution is 7.91. The molecule has 0 atom stereocenters. The summed E-state index contributed by atoms with van der Waals surface area (Å²) < 4.78 is 47.5. The first-order valence-corrected chi connectivity index (χ1v) is 13.5. The summed E-state index contributed by atoms with van der Waals surface area (Å²) in [5.41, 5.74) is 2.82. The monoisotopic (exact) mass is 534 g/mol. The molecule has 5 rings (SSSR count). The quantitative estimate of drug-likeness (QED) is 0.277. The number of halogens is 1. The van der Waals surface area contributed by atoms with Gasteiger partial charge in [-0.15, -0.1) is 0 Å². The molecule has 0 radical (unpaired) electrons. The smallest absolute Gasteiger partial charge is 0.303 e. The molecule has 2 N–H and O–H groups in total. The number of rotatable bonds is 9. The van der Waals surface area contributed by atoms with Crippen molar-refractivity contribution in [2.75, 3.05) is 6.26 Å². The van der Waals surface area contributed by atoms with Crippen molar-refractivity contribution in [3.63, 3.8) is 0 Å². The predicted molar refractivity (Wildman–Crippen MR) is 138 cm³/mol. The highest BCUT2D eigenvalue weighted by Crippen LogP contribution is 2.38. The number of sulfone groups is 1. The number of benzene rings is 3. The average molecular weight is 535 g/mol. The number of carbonyl (C=O) groups is 1. The van der Waals surface area contributed by atoms with E-state index in [9.17, 15) is 17.6 Å². The minimum atomic E-state index is -3.81. The summed E-state index contributed by atoms with van der Waals surface area (Å²) in [6.07, 6.45) is 4.63. The van der Waals surface area contributed by atoms with Gasteiger partial charge in [0.1, 0.15) is 17.0 Å². The Hall–Kier alpha value is -4.51. The zero-order valence-corrected chi connectivity index (χ0v) is 21.1. The summed E-state index contributed by atoms with van der Waals surface area (Å²) in [5.74, 6) is -1.40. The third kappa shape index (κ3) is 5.42. The molecule has 0 aliphatic heterocycles. The molecule has 0 aliphatic carbocycles. The third-order valence-electron chi connectivity index (χ3n) is 5.90. The number of aromatic nitrogens is 4. The van der Waals surface area contributed by atoms with Crippen LogP contribution in [0.4, 0.5) is 4.39 Å². The Bertz CT molecular complexity index is 1760. The van der Waals surface area contributed by atoms with Crippen LogP contribution in [0, 0.1) is 5.82 Å². The maximum atomic E-state index is 15.0. The van der Waals surface area contributed by atoms with Crippen LogP contribution in [0.25, 0.3) is 22.3 Å². The van der Waals surface area contributed by atoms with E-state index in [-0.39, 0.29) is 22.8 Å². The normalized spacial score (nSPS) is 11.6. The van der Waals surface area contributed by atoms with E-state index in [1.807, 2.05) is 24.3 Å². The highest BCUT2D eigenvalue weighted by atomic mass is 32.2. The van der Waals surface area contributed by atoms with Gasteiger partial charge in [0.15, 0.2) is 27.2 Å². The second kappa shape index (κ2) is 10.1. The van der Waals surface area contributed by atoms with Crippen LogP contribution in [0.3, 0.4) is 0 Å². The van der Waals surface area contributed by atoms with Crippen LogP contribution in [0.1, 0.15) is 17.5 Å². The van der Waals surface area contributed by atoms with Gasteiger partial charge >= 0.3 is 5.97 Å². The van der Waals surface area contributed by atoms with Crippen molar-refractivity contribution in [3.05, 3.63) is 90.1 Å². The summed E-state index contributed by atoms with van der Waals surface area (Å²) in [4.78, 5) is 17.8. The van der Waals surface area contributed by atoms with Gasteiger partial charge in [0, 0.05) is 41.4 Å². The SMILES string of the molecule is CS(=O)(=O)c1c(Oc2cccc(-c3ncn(Cc4cccc(CCC(=O)O)c4)n3)c2)c(F)cc2[nH]ccc12. The number of aromatic amines is 1. The molecule has 0 fully saturated rings. The second-order valence-electron chi connectivity index (χ2n) is 8.84. The Labute approximate surface area is 217 Å². The number of aliphatic carboxylic acids is 1. The summed E-state index contributed by atoms with van der Waals surface area (Å²) in [7, 11) is -3.81. The molecule has 194 valence electrons. The van der Waals surface area contributed by atoms with Crippen LogP contribution in [0.5, 0.6) is 11.5 Å². The van der Waals surface area contributed by atoms with Crippen molar-refractivity contribution in [1.29, 1.82) is 0 Å². The van der Waals surface area contributed by atoms with Crippen molar-refractivity contribution in [2.45, 2.75) is 24.3 Å². The van der Waals surface area contributed by atoms with E-state index < -0.39 is 21.6 Å². The first-order chi connectivity index (χ1) is 18.2.